The molecule has 1 heterocycles. The largest absolute Gasteiger partial charge is 0.508 e. The predicted octanol–water partition coefficient (Wildman–Crippen LogP) is 4.39. The van der Waals surface area contributed by atoms with E-state index in [1.54, 1.807) is 0 Å². The van der Waals surface area contributed by atoms with Gasteiger partial charge in [-0.2, -0.15) is 0 Å². The van der Waals surface area contributed by atoms with E-state index in [-0.39, 0.29) is 35.9 Å². The Morgan fingerprint density at radius 2 is 1.67 bits per heavy atom. The maximum absolute atomic E-state index is 13.2. The zero-order chi connectivity index (χ0) is 23.4. The standard InChI is InChI=1S/C23H17I3O7/c24-14-5-6-15(25)19(26)18(14)23(30)33-20-12-7-11-13(20)8-31-21(28)16(11)17(12)22(29)32-10-3-1-9(27)2-4-10/h1-6,11-13,16-17,20,27H,7-8H2. The van der Waals surface area contributed by atoms with E-state index in [4.69, 9.17) is 14.2 Å². The molecule has 5 rings (SSSR count). The second-order valence-electron chi connectivity index (χ2n) is 8.41. The molecule has 0 aromatic heterocycles. The zero-order valence-corrected chi connectivity index (χ0v) is 23.3. The highest BCUT2D eigenvalue weighted by atomic mass is 127. The van der Waals surface area contributed by atoms with Crippen molar-refractivity contribution >= 4 is 85.7 Å². The number of benzene rings is 2. The van der Waals surface area contributed by atoms with Gasteiger partial charge in [0.2, 0.25) is 0 Å². The van der Waals surface area contributed by atoms with Crippen LogP contribution in [0.3, 0.4) is 0 Å². The molecule has 2 aliphatic carbocycles. The number of phenolic OH excluding ortho intramolecular Hbond substituents is 1. The molecule has 7 nitrogen and oxygen atoms in total. The second-order valence-corrected chi connectivity index (χ2v) is 11.8. The number of aromatic hydroxyl groups is 1. The van der Waals surface area contributed by atoms with Crippen LogP contribution in [0.4, 0.5) is 0 Å². The summed E-state index contributed by atoms with van der Waals surface area (Å²) in [6.07, 6.45) is 0.0757. The lowest BCUT2D eigenvalue weighted by atomic mass is 9.71. The molecule has 2 aromatic carbocycles. The van der Waals surface area contributed by atoms with Gasteiger partial charge in [-0.05, 0) is 117 Å². The molecule has 1 saturated heterocycles. The van der Waals surface area contributed by atoms with E-state index in [0.717, 1.165) is 10.7 Å². The molecule has 1 aliphatic heterocycles. The number of carbonyl (C=O) groups excluding carboxylic acids is 3. The molecule has 0 radical (unpaired) electrons. The molecule has 6 atom stereocenters. The van der Waals surface area contributed by atoms with Crippen LogP contribution >= 0.6 is 67.8 Å². The summed E-state index contributed by atoms with van der Waals surface area (Å²) in [7, 11) is 0. The normalized spacial score (nSPS) is 29.5. The van der Waals surface area contributed by atoms with E-state index in [0.29, 0.717) is 12.0 Å². The van der Waals surface area contributed by atoms with Crippen molar-refractivity contribution in [3.63, 3.8) is 0 Å². The van der Waals surface area contributed by atoms with Crippen LogP contribution in [-0.2, 0) is 19.1 Å². The summed E-state index contributed by atoms with van der Waals surface area (Å²) in [5, 5.41) is 9.46. The van der Waals surface area contributed by atoms with Crippen molar-refractivity contribution in [3.8, 4) is 11.5 Å². The Morgan fingerprint density at radius 1 is 0.970 bits per heavy atom. The van der Waals surface area contributed by atoms with Gasteiger partial charge in [0.05, 0.1) is 24.0 Å². The Morgan fingerprint density at radius 3 is 2.39 bits per heavy atom. The summed E-state index contributed by atoms with van der Waals surface area (Å²) in [4.78, 5) is 38.9. The third kappa shape index (κ3) is 4.13. The van der Waals surface area contributed by atoms with E-state index < -0.39 is 35.8 Å². The minimum absolute atomic E-state index is 0.0558. The smallest absolute Gasteiger partial charge is 0.340 e. The summed E-state index contributed by atoms with van der Waals surface area (Å²) >= 11 is 6.44. The molecular weight excluding hydrogens is 769 g/mol. The maximum Gasteiger partial charge on any atom is 0.340 e. The van der Waals surface area contributed by atoms with Crippen LogP contribution < -0.4 is 4.74 Å². The van der Waals surface area contributed by atoms with Crippen LogP contribution in [-0.4, -0.2) is 35.7 Å². The van der Waals surface area contributed by atoms with E-state index in [9.17, 15) is 19.5 Å². The first-order valence-electron chi connectivity index (χ1n) is 10.3. The fourth-order valence-corrected chi connectivity index (χ4v) is 7.71. The molecule has 2 aromatic rings. The third-order valence-corrected chi connectivity index (χ3v) is 10.7. The van der Waals surface area contributed by atoms with Crippen molar-refractivity contribution in [1.29, 1.82) is 0 Å². The van der Waals surface area contributed by atoms with Crippen LogP contribution in [0.2, 0.25) is 0 Å². The highest BCUT2D eigenvalue weighted by molar-refractivity contribution is 14.1. The number of hydrogen-bond donors (Lipinski definition) is 1. The number of carbonyl (C=O) groups is 3. The van der Waals surface area contributed by atoms with Crippen LogP contribution in [0.1, 0.15) is 16.8 Å². The average molecular weight is 786 g/mol. The van der Waals surface area contributed by atoms with Gasteiger partial charge in [0.1, 0.15) is 17.6 Å². The van der Waals surface area contributed by atoms with Crippen LogP contribution in [0, 0.1) is 40.3 Å². The van der Waals surface area contributed by atoms with Crippen molar-refractivity contribution < 1.29 is 33.7 Å². The topological polar surface area (TPSA) is 99.1 Å². The van der Waals surface area contributed by atoms with Gasteiger partial charge in [-0.15, -0.1) is 0 Å². The van der Waals surface area contributed by atoms with Gasteiger partial charge in [0, 0.05) is 22.5 Å². The zero-order valence-electron chi connectivity index (χ0n) is 16.9. The summed E-state index contributed by atoms with van der Waals surface area (Å²) in [5.74, 6) is -2.90. The number of cyclic esters (lactones) is 1. The van der Waals surface area contributed by atoms with Gasteiger partial charge in [-0.1, -0.05) is 0 Å². The Bertz CT molecular complexity index is 1150. The summed E-state index contributed by atoms with van der Waals surface area (Å²) in [6, 6.07) is 9.63. The molecule has 33 heavy (non-hydrogen) atoms. The van der Waals surface area contributed by atoms with Crippen molar-refractivity contribution in [1.82, 2.24) is 0 Å². The number of esters is 3. The quantitative estimate of drug-likeness (QED) is 0.213. The predicted molar refractivity (Wildman–Crippen MR) is 141 cm³/mol. The lowest BCUT2D eigenvalue weighted by molar-refractivity contribution is -0.178. The Hall–Kier alpha value is -1.16. The first-order valence-corrected chi connectivity index (χ1v) is 13.5. The average Bonchev–Trinajstić information content (AvgIpc) is 3.34. The maximum atomic E-state index is 13.2. The highest BCUT2D eigenvalue weighted by Crippen LogP contribution is 2.59. The van der Waals surface area contributed by atoms with E-state index >= 15 is 0 Å². The Labute approximate surface area is 230 Å². The van der Waals surface area contributed by atoms with Crippen LogP contribution in [0.25, 0.3) is 0 Å². The molecule has 3 aliphatic rings. The first kappa shape index (κ1) is 23.6. The molecule has 3 fully saturated rings. The number of fused-ring (bicyclic) bond motifs is 1. The molecule has 0 spiro atoms. The van der Waals surface area contributed by atoms with E-state index in [1.165, 1.54) is 24.3 Å². The van der Waals surface area contributed by atoms with Crippen molar-refractivity contribution in [2.75, 3.05) is 6.61 Å². The molecule has 172 valence electrons. The van der Waals surface area contributed by atoms with Gasteiger partial charge < -0.3 is 19.3 Å². The fraction of sp³-hybridized carbons (Fsp3) is 0.348. The molecule has 2 bridgehead atoms. The van der Waals surface area contributed by atoms with Crippen molar-refractivity contribution in [2.45, 2.75) is 12.5 Å². The fourth-order valence-electron chi connectivity index (χ4n) is 5.39. The number of halogens is 3. The monoisotopic (exact) mass is 786 g/mol. The SMILES string of the molecule is O=C(OC1C2COC(=O)C3C2CC1C3C(=O)Oc1ccc(O)cc1)c1c(I)ccc(I)c1I. The highest BCUT2D eigenvalue weighted by Gasteiger charge is 2.67. The summed E-state index contributed by atoms with van der Waals surface area (Å²) in [6.45, 7) is 0.189. The molecule has 1 N–H and O–H groups in total. The molecule has 6 unspecified atom stereocenters. The van der Waals surface area contributed by atoms with E-state index in [2.05, 4.69) is 67.8 Å². The number of rotatable bonds is 4. The first-order chi connectivity index (χ1) is 15.8. The lowest BCUT2D eigenvalue weighted by Gasteiger charge is -2.41. The minimum atomic E-state index is -0.750. The Kier molecular flexibility index (Phi) is 6.52. The third-order valence-electron chi connectivity index (χ3n) is 6.76. The van der Waals surface area contributed by atoms with Crippen LogP contribution in [0.5, 0.6) is 11.5 Å². The lowest BCUT2D eigenvalue weighted by Crippen LogP contribution is -2.52. The molecule has 2 saturated carbocycles. The van der Waals surface area contributed by atoms with Gasteiger partial charge in [-0.3, -0.25) is 9.59 Å². The van der Waals surface area contributed by atoms with E-state index in [1.807, 2.05) is 12.1 Å². The minimum Gasteiger partial charge on any atom is -0.508 e. The number of ether oxygens (including phenoxy) is 3. The summed E-state index contributed by atoms with van der Waals surface area (Å²) < 4.78 is 19.5. The summed E-state index contributed by atoms with van der Waals surface area (Å²) in [5.41, 5.74) is 0.512. The molecule has 10 heteroatoms. The van der Waals surface area contributed by atoms with Gasteiger partial charge >= 0.3 is 17.9 Å². The second kappa shape index (κ2) is 9.13. The molecule has 0 amide bonds. The van der Waals surface area contributed by atoms with Gasteiger partial charge in [0.15, 0.2) is 0 Å². The van der Waals surface area contributed by atoms with Crippen LogP contribution in [0.15, 0.2) is 36.4 Å². The van der Waals surface area contributed by atoms with Crippen molar-refractivity contribution in [2.24, 2.45) is 29.6 Å². The van der Waals surface area contributed by atoms with Crippen molar-refractivity contribution in [3.05, 3.63) is 52.7 Å². The molecular formula is C23H17I3O7. The number of hydrogen-bond acceptors (Lipinski definition) is 7. The number of phenols is 1. The Balaban J connectivity index is 1.41. The van der Waals surface area contributed by atoms with Gasteiger partial charge in [0.25, 0.3) is 0 Å². The van der Waals surface area contributed by atoms with Gasteiger partial charge in [-0.25, -0.2) is 4.79 Å².